The summed E-state index contributed by atoms with van der Waals surface area (Å²) in [7, 11) is -4.10. The lowest BCUT2D eigenvalue weighted by molar-refractivity contribution is -0.115. The van der Waals surface area contributed by atoms with Crippen LogP contribution in [0, 0.1) is 5.92 Å². The molecular weight excluding hydrogens is 584 g/mol. The molecule has 2 atom stereocenters. The van der Waals surface area contributed by atoms with Gasteiger partial charge in [-0.15, -0.1) is 0 Å². The quantitative estimate of drug-likeness (QED) is 0.207. The molecule has 44 heavy (non-hydrogen) atoms. The Hall–Kier alpha value is -4.26. The molecule has 12 heteroatoms. The van der Waals surface area contributed by atoms with Gasteiger partial charge in [-0.05, 0) is 59.9 Å². The molecule has 0 bridgehead atoms. The summed E-state index contributed by atoms with van der Waals surface area (Å²) in [6.45, 7) is 6.10. The summed E-state index contributed by atoms with van der Waals surface area (Å²) in [4.78, 5) is 36.5. The molecule has 236 valence electrons. The van der Waals surface area contributed by atoms with Crippen molar-refractivity contribution in [2.24, 2.45) is 5.92 Å². The largest absolute Gasteiger partial charge is 0.465 e. The van der Waals surface area contributed by atoms with Crippen LogP contribution in [0.1, 0.15) is 38.8 Å². The molecule has 3 amide bonds. The van der Waals surface area contributed by atoms with Crippen LogP contribution in [0.4, 0.5) is 16.2 Å². The van der Waals surface area contributed by atoms with Gasteiger partial charge in [0.1, 0.15) is 0 Å². The molecule has 0 aliphatic carbocycles. The summed E-state index contributed by atoms with van der Waals surface area (Å²) in [5, 5.41) is 27.2. The zero-order valence-corrected chi connectivity index (χ0v) is 26.1. The predicted octanol–water partition coefficient (Wildman–Crippen LogP) is 4.40. The van der Waals surface area contributed by atoms with Gasteiger partial charge in [0.2, 0.25) is 21.8 Å². The Morgan fingerprint density at radius 3 is 1.77 bits per heavy atom. The van der Waals surface area contributed by atoms with Gasteiger partial charge in [-0.1, -0.05) is 56.3 Å². The van der Waals surface area contributed by atoms with Gasteiger partial charge >= 0.3 is 6.09 Å². The number of aliphatic hydroxyl groups excluding tert-OH is 1. The van der Waals surface area contributed by atoms with E-state index in [2.05, 4.69) is 10.6 Å². The third-order valence-electron chi connectivity index (χ3n) is 6.78. The van der Waals surface area contributed by atoms with E-state index < -0.39 is 28.3 Å². The number of hydrogen-bond acceptors (Lipinski definition) is 6. The average Bonchev–Trinajstić information content (AvgIpc) is 2.95. The van der Waals surface area contributed by atoms with E-state index in [9.17, 15) is 33.0 Å². The average molecular weight is 625 g/mol. The van der Waals surface area contributed by atoms with Crippen molar-refractivity contribution in [3.05, 3.63) is 90.0 Å². The number of carboxylic acid groups (broad SMARTS) is 1. The first-order valence-corrected chi connectivity index (χ1v) is 15.7. The summed E-state index contributed by atoms with van der Waals surface area (Å²) >= 11 is 0. The Bertz CT molecular complexity index is 1510. The van der Waals surface area contributed by atoms with Crippen molar-refractivity contribution in [3.63, 3.8) is 0 Å². The number of sulfonamides is 1. The molecule has 3 aromatic carbocycles. The minimum Gasteiger partial charge on any atom is -0.465 e. The highest BCUT2D eigenvalue weighted by Crippen LogP contribution is 2.24. The van der Waals surface area contributed by atoms with E-state index in [0.717, 1.165) is 10.5 Å². The normalized spacial score (nSPS) is 12.9. The zero-order valence-electron chi connectivity index (χ0n) is 25.3. The molecule has 0 fully saturated rings. The van der Waals surface area contributed by atoms with Crippen LogP contribution in [-0.2, 0) is 32.6 Å². The number of rotatable bonds is 14. The van der Waals surface area contributed by atoms with Crippen molar-refractivity contribution in [3.8, 4) is 0 Å². The first-order chi connectivity index (χ1) is 20.8. The van der Waals surface area contributed by atoms with Crippen LogP contribution in [0.3, 0.4) is 0 Å². The Morgan fingerprint density at radius 2 is 1.30 bits per heavy atom. The molecular formula is C32H40N4O7S. The topological polar surface area (TPSA) is 156 Å². The highest BCUT2D eigenvalue weighted by molar-refractivity contribution is 7.89. The van der Waals surface area contributed by atoms with Crippen LogP contribution in [0.15, 0.2) is 83.8 Å². The van der Waals surface area contributed by atoms with E-state index in [0.29, 0.717) is 16.9 Å². The fraction of sp³-hybridized carbons (Fsp3) is 0.344. The molecule has 11 nitrogen and oxygen atoms in total. The molecule has 0 radical (unpaired) electrons. The smallest absolute Gasteiger partial charge is 0.407 e. The van der Waals surface area contributed by atoms with E-state index in [-0.39, 0.29) is 48.7 Å². The van der Waals surface area contributed by atoms with E-state index in [4.69, 9.17) is 0 Å². The summed E-state index contributed by atoms with van der Waals surface area (Å²) < 4.78 is 28.8. The van der Waals surface area contributed by atoms with Crippen LogP contribution in [-0.4, -0.2) is 71.0 Å². The molecule has 0 saturated carbocycles. The number of hydrogen-bond donors (Lipinski definition) is 4. The molecule has 3 rings (SSSR count). The van der Waals surface area contributed by atoms with Crippen molar-refractivity contribution in [2.75, 3.05) is 23.7 Å². The van der Waals surface area contributed by atoms with Crippen molar-refractivity contribution in [2.45, 2.75) is 57.7 Å². The standard InChI is InChI=1S/C32H40N4O7S/c1-22(2)19-35(44(42,43)29-16-14-28(15-17-29)34-24(4)38)21-31(39)30(18-25-8-6-5-7-9-25)36(32(40)41)20-26-10-12-27(13-11-26)33-23(3)37/h5-17,22,30-31,39H,18-21H2,1-4H3,(H,33,37)(H,34,38)(H,40,41)/t30-,31+/m0/s1. The molecule has 0 aliphatic heterocycles. The van der Waals surface area contributed by atoms with Gasteiger partial charge in [0.15, 0.2) is 0 Å². The molecule has 3 aromatic rings. The Labute approximate surface area is 258 Å². The van der Waals surface area contributed by atoms with Crippen LogP contribution in [0.5, 0.6) is 0 Å². The molecule has 0 unspecified atom stereocenters. The van der Waals surface area contributed by atoms with Gasteiger partial charge in [0.25, 0.3) is 0 Å². The van der Waals surface area contributed by atoms with Gasteiger partial charge in [-0.2, -0.15) is 4.31 Å². The molecule has 0 aliphatic rings. The number of benzene rings is 3. The first-order valence-electron chi connectivity index (χ1n) is 14.2. The Morgan fingerprint density at radius 1 is 0.773 bits per heavy atom. The molecule has 0 saturated heterocycles. The minimum absolute atomic E-state index is 0.0200. The van der Waals surface area contributed by atoms with Crippen molar-refractivity contribution in [1.82, 2.24) is 9.21 Å². The van der Waals surface area contributed by atoms with E-state index in [1.54, 1.807) is 24.3 Å². The second-order valence-corrected chi connectivity index (χ2v) is 13.0. The van der Waals surface area contributed by atoms with E-state index >= 15 is 0 Å². The maximum absolute atomic E-state index is 13.8. The van der Waals surface area contributed by atoms with Gasteiger partial charge in [-0.25, -0.2) is 13.2 Å². The van der Waals surface area contributed by atoms with Crippen molar-refractivity contribution in [1.29, 1.82) is 0 Å². The van der Waals surface area contributed by atoms with Crippen molar-refractivity contribution < 1.29 is 33.0 Å². The predicted molar refractivity (Wildman–Crippen MR) is 169 cm³/mol. The highest BCUT2D eigenvalue weighted by atomic mass is 32.2. The molecule has 0 aromatic heterocycles. The second kappa shape index (κ2) is 15.5. The second-order valence-electron chi connectivity index (χ2n) is 11.0. The van der Waals surface area contributed by atoms with Gasteiger partial charge in [0, 0.05) is 44.9 Å². The molecule has 4 N–H and O–H groups in total. The first kappa shape index (κ1) is 34.2. The molecule has 0 heterocycles. The zero-order chi connectivity index (χ0) is 32.4. The Balaban J connectivity index is 1.95. The highest BCUT2D eigenvalue weighted by Gasteiger charge is 2.35. The number of carbonyl (C=O) groups is 3. The summed E-state index contributed by atoms with van der Waals surface area (Å²) in [6, 6.07) is 20.5. The maximum Gasteiger partial charge on any atom is 0.407 e. The van der Waals surface area contributed by atoms with E-state index in [1.807, 2.05) is 44.2 Å². The Kier molecular flexibility index (Phi) is 12.0. The van der Waals surface area contributed by atoms with Crippen LogP contribution in [0.25, 0.3) is 0 Å². The number of aliphatic hydroxyl groups is 1. The van der Waals surface area contributed by atoms with Gasteiger partial charge in [0.05, 0.1) is 17.0 Å². The number of nitrogens with zero attached hydrogens (tertiary/aromatic N) is 2. The van der Waals surface area contributed by atoms with Crippen molar-refractivity contribution >= 4 is 39.3 Å². The fourth-order valence-electron chi connectivity index (χ4n) is 4.80. The van der Waals surface area contributed by atoms with Crippen LogP contribution < -0.4 is 10.6 Å². The third-order valence-corrected chi connectivity index (χ3v) is 8.62. The molecule has 0 spiro atoms. The summed E-state index contributed by atoms with van der Waals surface area (Å²) in [6.07, 6.45) is -2.53. The van der Waals surface area contributed by atoms with E-state index in [1.165, 1.54) is 42.4 Å². The maximum atomic E-state index is 13.8. The fourth-order valence-corrected chi connectivity index (χ4v) is 6.42. The number of anilines is 2. The van der Waals surface area contributed by atoms with Crippen LogP contribution >= 0.6 is 0 Å². The monoisotopic (exact) mass is 624 g/mol. The van der Waals surface area contributed by atoms with Crippen LogP contribution in [0.2, 0.25) is 0 Å². The summed E-state index contributed by atoms with van der Waals surface area (Å²) in [5.41, 5.74) is 2.40. The summed E-state index contributed by atoms with van der Waals surface area (Å²) in [5.74, 6) is -0.622. The number of carbonyl (C=O) groups excluding carboxylic acids is 2. The lowest BCUT2D eigenvalue weighted by Crippen LogP contribution is -2.52. The number of amides is 3. The SMILES string of the molecule is CC(=O)Nc1ccc(CN(C(=O)O)[C@@H](Cc2ccccc2)[C@H](O)CN(CC(C)C)S(=O)(=O)c2ccc(NC(C)=O)cc2)cc1. The third kappa shape index (κ3) is 9.90. The number of nitrogens with one attached hydrogen (secondary N) is 2. The van der Waals surface area contributed by atoms with Gasteiger partial charge < -0.3 is 20.8 Å². The lowest BCUT2D eigenvalue weighted by Gasteiger charge is -2.36. The minimum atomic E-state index is -4.10. The van der Waals surface area contributed by atoms with Gasteiger partial charge in [-0.3, -0.25) is 14.5 Å². The lowest BCUT2D eigenvalue weighted by atomic mass is 9.98.